The van der Waals surface area contributed by atoms with Crippen molar-refractivity contribution in [2.24, 2.45) is 0 Å². The zero-order valence-electron chi connectivity index (χ0n) is 9.00. The van der Waals surface area contributed by atoms with Gasteiger partial charge in [-0.15, -0.1) is 0 Å². The zero-order chi connectivity index (χ0) is 12.3. The second kappa shape index (κ2) is 4.61. The van der Waals surface area contributed by atoms with Crippen molar-refractivity contribution < 1.29 is 9.90 Å². The molecular weight excluding hydrogens is 218 g/mol. The van der Waals surface area contributed by atoms with Crippen LogP contribution < -0.4 is 5.73 Å². The van der Waals surface area contributed by atoms with Crippen molar-refractivity contribution >= 4 is 11.9 Å². The highest BCUT2D eigenvalue weighted by molar-refractivity contribution is 5.72. The normalized spacial score (nSPS) is 10.1. The highest BCUT2D eigenvalue weighted by Crippen LogP contribution is 2.19. The lowest BCUT2D eigenvalue weighted by Gasteiger charge is -2.03. The van der Waals surface area contributed by atoms with Crippen LogP contribution in [0.5, 0.6) is 0 Å². The minimum absolute atomic E-state index is 0.00364. The SMILES string of the molecule is Nc1ncc(-c2cccc(CC(=O)O)c2)cn1. The van der Waals surface area contributed by atoms with Crippen LogP contribution in [0.15, 0.2) is 36.7 Å². The number of nitrogens with zero attached hydrogens (tertiary/aromatic N) is 2. The number of rotatable bonds is 3. The molecule has 0 saturated carbocycles. The van der Waals surface area contributed by atoms with Gasteiger partial charge in [0.05, 0.1) is 6.42 Å². The maximum Gasteiger partial charge on any atom is 0.307 e. The molecule has 0 atom stereocenters. The largest absolute Gasteiger partial charge is 0.481 e. The molecule has 5 nitrogen and oxygen atoms in total. The third kappa shape index (κ3) is 2.78. The molecule has 0 bridgehead atoms. The van der Waals surface area contributed by atoms with Gasteiger partial charge >= 0.3 is 5.97 Å². The molecule has 0 amide bonds. The van der Waals surface area contributed by atoms with Gasteiger partial charge in [-0.05, 0) is 11.1 Å². The van der Waals surface area contributed by atoms with E-state index in [1.54, 1.807) is 18.5 Å². The fourth-order valence-corrected chi connectivity index (χ4v) is 1.52. The van der Waals surface area contributed by atoms with Gasteiger partial charge in [0, 0.05) is 18.0 Å². The van der Waals surface area contributed by atoms with Crippen LogP contribution in [-0.2, 0) is 11.2 Å². The first-order valence-electron chi connectivity index (χ1n) is 5.04. The molecule has 1 heterocycles. The van der Waals surface area contributed by atoms with Gasteiger partial charge in [-0.2, -0.15) is 0 Å². The van der Waals surface area contributed by atoms with Gasteiger partial charge < -0.3 is 10.8 Å². The molecule has 1 aromatic heterocycles. The first-order chi connectivity index (χ1) is 8.15. The molecule has 17 heavy (non-hydrogen) atoms. The summed E-state index contributed by atoms with van der Waals surface area (Å²) in [7, 11) is 0. The van der Waals surface area contributed by atoms with Crippen molar-refractivity contribution in [3.63, 3.8) is 0 Å². The lowest BCUT2D eigenvalue weighted by molar-refractivity contribution is -0.136. The molecule has 3 N–H and O–H groups in total. The smallest absolute Gasteiger partial charge is 0.307 e. The summed E-state index contributed by atoms with van der Waals surface area (Å²) in [6, 6.07) is 7.27. The fraction of sp³-hybridized carbons (Fsp3) is 0.0833. The van der Waals surface area contributed by atoms with Crippen molar-refractivity contribution in [1.29, 1.82) is 0 Å². The number of carboxylic acid groups (broad SMARTS) is 1. The monoisotopic (exact) mass is 229 g/mol. The Kier molecular flexibility index (Phi) is 3.00. The summed E-state index contributed by atoms with van der Waals surface area (Å²) in [5.41, 5.74) is 7.83. The lowest BCUT2D eigenvalue weighted by Crippen LogP contribution is -2.00. The van der Waals surface area contributed by atoms with Gasteiger partial charge in [-0.3, -0.25) is 4.79 Å². The number of benzene rings is 1. The van der Waals surface area contributed by atoms with E-state index in [2.05, 4.69) is 9.97 Å². The van der Waals surface area contributed by atoms with Crippen molar-refractivity contribution in [3.05, 3.63) is 42.2 Å². The summed E-state index contributed by atoms with van der Waals surface area (Å²) in [5.74, 6) is -0.633. The lowest BCUT2D eigenvalue weighted by atomic mass is 10.0. The molecule has 2 aromatic rings. The summed E-state index contributed by atoms with van der Waals surface area (Å²) >= 11 is 0. The van der Waals surface area contributed by atoms with E-state index in [-0.39, 0.29) is 12.4 Å². The Morgan fingerprint density at radius 2 is 1.94 bits per heavy atom. The summed E-state index contributed by atoms with van der Waals surface area (Å²) in [6.45, 7) is 0. The molecule has 0 fully saturated rings. The Labute approximate surface area is 98.0 Å². The van der Waals surface area contributed by atoms with Gasteiger partial charge in [0.2, 0.25) is 5.95 Å². The van der Waals surface area contributed by atoms with Gasteiger partial charge in [0.1, 0.15) is 0 Å². The Morgan fingerprint density at radius 3 is 2.59 bits per heavy atom. The number of nitrogens with two attached hydrogens (primary N) is 1. The van der Waals surface area contributed by atoms with Crippen LogP contribution in [0.4, 0.5) is 5.95 Å². The molecule has 1 aromatic carbocycles. The molecule has 0 radical (unpaired) electrons. The average molecular weight is 229 g/mol. The van der Waals surface area contributed by atoms with E-state index in [4.69, 9.17) is 10.8 Å². The third-order valence-corrected chi connectivity index (χ3v) is 2.29. The van der Waals surface area contributed by atoms with Crippen LogP contribution in [0.1, 0.15) is 5.56 Å². The van der Waals surface area contributed by atoms with E-state index < -0.39 is 5.97 Å². The number of anilines is 1. The van der Waals surface area contributed by atoms with Crippen LogP contribution >= 0.6 is 0 Å². The molecule has 0 aliphatic rings. The number of carboxylic acids is 1. The summed E-state index contributed by atoms with van der Waals surface area (Å²) in [5, 5.41) is 8.72. The zero-order valence-corrected chi connectivity index (χ0v) is 9.00. The number of aromatic nitrogens is 2. The topological polar surface area (TPSA) is 89.1 Å². The van der Waals surface area contributed by atoms with Crippen LogP contribution in [0.2, 0.25) is 0 Å². The van der Waals surface area contributed by atoms with Crippen LogP contribution in [0.3, 0.4) is 0 Å². The van der Waals surface area contributed by atoms with Crippen LogP contribution in [-0.4, -0.2) is 21.0 Å². The van der Waals surface area contributed by atoms with Gasteiger partial charge in [0.15, 0.2) is 0 Å². The summed E-state index contributed by atoms with van der Waals surface area (Å²) in [4.78, 5) is 18.4. The molecule has 86 valence electrons. The van der Waals surface area contributed by atoms with Crippen molar-refractivity contribution in [3.8, 4) is 11.1 Å². The van der Waals surface area contributed by atoms with E-state index in [0.29, 0.717) is 0 Å². The standard InChI is InChI=1S/C12H11N3O2/c13-12-14-6-10(7-15-12)9-3-1-2-8(4-9)5-11(16)17/h1-4,6-7H,5H2,(H,16,17)(H2,13,14,15). The Balaban J connectivity index is 2.32. The van der Waals surface area contributed by atoms with Crippen molar-refractivity contribution in [1.82, 2.24) is 9.97 Å². The second-order valence-corrected chi connectivity index (χ2v) is 3.60. The Bertz CT molecular complexity index is 538. The number of carbonyl (C=O) groups is 1. The quantitative estimate of drug-likeness (QED) is 0.829. The van der Waals surface area contributed by atoms with E-state index in [1.807, 2.05) is 18.2 Å². The first kappa shape index (κ1) is 11.1. The van der Waals surface area contributed by atoms with E-state index >= 15 is 0 Å². The first-order valence-corrected chi connectivity index (χ1v) is 5.04. The summed E-state index contributed by atoms with van der Waals surface area (Å²) in [6.07, 6.45) is 3.23. The van der Waals surface area contributed by atoms with Crippen LogP contribution in [0.25, 0.3) is 11.1 Å². The average Bonchev–Trinajstić information content (AvgIpc) is 2.29. The minimum atomic E-state index is -0.851. The molecule has 2 rings (SSSR count). The van der Waals surface area contributed by atoms with Crippen molar-refractivity contribution in [2.45, 2.75) is 6.42 Å². The molecule has 0 saturated heterocycles. The number of aliphatic carboxylic acids is 1. The number of hydrogen-bond donors (Lipinski definition) is 2. The second-order valence-electron chi connectivity index (χ2n) is 3.60. The van der Waals surface area contributed by atoms with Gasteiger partial charge in [0.25, 0.3) is 0 Å². The third-order valence-electron chi connectivity index (χ3n) is 2.29. The Hall–Kier alpha value is -2.43. The highest BCUT2D eigenvalue weighted by atomic mass is 16.4. The maximum atomic E-state index is 10.6. The number of hydrogen-bond acceptors (Lipinski definition) is 4. The van der Waals surface area contributed by atoms with E-state index in [9.17, 15) is 4.79 Å². The van der Waals surface area contributed by atoms with Gasteiger partial charge in [-0.25, -0.2) is 9.97 Å². The molecule has 0 aliphatic heterocycles. The maximum absolute atomic E-state index is 10.6. The molecular formula is C12H11N3O2. The van der Waals surface area contributed by atoms with Gasteiger partial charge in [-0.1, -0.05) is 24.3 Å². The van der Waals surface area contributed by atoms with Crippen molar-refractivity contribution in [2.75, 3.05) is 5.73 Å². The van der Waals surface area contributed by atoms with Crippen LogP contribution in [0, 0.1) is 0 Å². The Morgan fingerprint density at radius 1 is 1.24 bits per heavy atom. The minimum Gasteiger partial charge on any atom is -0.481 e. The van der Waals surface area contributed by atoms with E-state index in [1.165, 1.54) is 0 Å². The number of nitrogen functional groups attached to an aromatic ring is 1. The predicted octanol–water partition coefficient (Wildman–Crippen LogP) is 1.35. The summed E-state index contributed by atoms with van der Waals surface area (Å²) < 4.78 is 0. The molecule has 0 aliphatic carbocycles. The molecule has 5 heteroatoms. The van der Waals surface area contributed by atoms with E-state index in [0.717, 1.165) is 16.7 Å². The molecule has 0 unspecified atom stereocenters. The fourth-order valence-electron chi connectivity index (χ4n) is 1.52. The highest BCUT2D eigenvalue weighted by Gasteiger charge is 2.03. The molecule has 0 spiro atoms. The predicted molar refractivity (Wildman–Crippen MR) is 63.2 cm³/mol.